The van der Waals surface area contributed by atoms with Gasteiger partial charge in [0.15, 0.2) is 7.98 Å². The van der Waals surface area contributed by atoms with Gasteiger partial charge in [-0.1, -0.05) is 29.3 Å². The first-order valence-electron chi connectivity index (χ1n) is 9.84. The predicted octanol–water partition coefficient (Wildman–Crippen LogP) is 2.04. The fourth-order valence-corrected chi connectivity index (χ4v) is 4.55. The standard InChI is InChI=1S/C21H18BCl2N5O3/c22-25-8-14(10-30)27-20(31)18-16(23)5-13-9-29(4-3-15(13)19(18)24)21(32)11-1-2-12-7-26-28-17(12)6-11/h1-2,5-7,10,14,25H,3-4,8-9H2,(H,26,28)(H,27,31)/t14-/m0/s1. The Balaban J connectivity index is 1.57. The Kier molecular flexibility index (Phi) is 6.50. The minimum Gasteiger partial charge on any atom is -0.364 e. The molecular weight excluding hydrogens is 452 g/mol. The molecule has 162 valence electrons. The number of nitrogens with zero attached hydrogens (tertiary/aromatic N) is 2. The number of rotatable bonds is 6. The summed E-state index contributed by atoms with van der Waals surface area (Å²) in [7, 11) is 5.22. The van der Waals surface area contributed by atoms with Gasteiger partial charge < -0.3 is 20.2 Å². The van der Waals surface area contributed by atoms with Crippen LogP contribution in [-0.2, 0) is 17.8 Å². The van der Waals surface area contributed by atoms with Crippen LogP contribution < -0.4 is 10.5 Å². The van der Waals surface area contributed by atoms with E-state index in [-0.39, 0.29) is 28.1 Å². The number of benzene rings is 2. The number of carbonyl (C=O) groups is 3. The van der Waals surface area contributed by atoms with E-state index in [4.69, 9.17) is 31.2 Å². The first-order valence-corrected chi connectivity index (χ1v) is 10.6. The fraction of sp³-hybridized carbons (Fsp3) is 0.238. The van der Waals surface area contributed by atoms with Gasteiger partial charge in [0.05, 0.1) is 33.4 Å². The number of halogens is 2. The van der Waals surface area contributed by atoms with Gasteiger partial charge in [-0.3, -0.25) is 14.7 Å². The number of fused-ring (bicyclic) bond motifs is 2. The van der Waals surface area contributed by atoms with E-state index in [0.717, 1.165) is 22.0 Å². The van der Waals surface area contributed by atoms with Gasteiger partial charge in [-0.2, -0.15) is 5.10 Å². The number of aromatic nitrogens is 2. The molecule has 0 bridgehead atoms. The highest BCUT2D eigenvalue weighted by Crippen LogP contribution is 2.35. The number of hydrogen-bond acceptors (Lipinski definition) is 5. The molecule has 1 aromatic heterocycles. The Labute approximate surface area is 195 Å². The molecule has 2 heterocycles. The van der Waals surface area contributed by atoms with Crippen molar-refractivity contribution >= 4 is 60.2 Å². The molecular formula is C21H18BCl2N5O3. The number of hydrogen-bond donors (Lipinski definition) is 3. The summed E-state index contributed by atoms with van der Waals surface area (Å²) >= 11 is 12.9. The Morgan fingerprint density at radius 3 is 2.88 bits per heavy atom. The lowest BCUT2D eigenvalue weighted by atomic mass is 9.96. The van der Waals surface area contributed by atoms with Crippen LogP contribution in [0.4, 0.5) is 0 Å². The van der Waals surface area contributed by atoms with Crippen molar-refractivity contribution in [3.8, 4) is 0 Å². The Bertz CT molecular complexity index is 1220. The van der Waals surface area contributed by atoms with E-state index in [2.05, 4.69) is 20.7 Å². The monoisotopic (exact) mass is 469 g/mol. The highest BCUT2D eigenvalue weighted by Gasteiger charge is 2.28. The van der Waals surface area contributed by atoms with E-state index in [1.54, 1.807) is 29.3 Å². The van der Waals surface area contributed by atoms with Crippen molar-refractivity contribution in [2.45, 2.75) is 19.0 Å². The molecule has 0 spiro atoms. The lowest BCUT2D eigenvalue weighted by Crippen LogP contribution is -2.43. The van der Waals surface area contributed by atoms with Crippen molar-refractivity contribution in [1.82, 2.24) is 25.6 Å². The van der Waals surface area contributed by atoms with Gasteiger partial charge in [-0.25, -0.2) is 0 Å². The van der Waals surface area contributed by atoms with Crippen molar-refractivity contribution in [1.29, 1.82) is 0 Å². The van der Waals surface area contributed by atoms with Crippen molar-refractivity contribution in [2.75, 3.05) is 13.1 Å². The number of aldehydes is 1. The molecule has 0 saturated heterocycles. The minimum atomic E-state index is -0.823. The van der Waals surface area contributed by atoms with Gasteiger partial charge in [-0.15, -0.1) is 0 Å². The van der Waals surface area contributed by atoms with Gasteiger partial charge in [0.2, 0.25) is 0 Å². The molecule has 8 nitrogen and oxygen atoms in total. The highest BCUT2D eigenvalue weighted by atomic mass is 35.5. The number of H-pyrrole nitrogens is 1. The third-order valence-corrected chi connectivity index (χ3v) is 6.14. The molecule has 1 aliphatic rings. The van der Waals surface area contributed by atoms with E-state index in [9.17, 15) is 14.4 Å². The van der Waals surface area contributed by atoms with Crippen molar-refractivity contribution in [2.24, 2.45) is 0 Å². The molecule has 0 fully saturated rings. The zero-order chi connectivity index (χ0) is 22.8. The van der Waals surface area contributed by atoms with Crippen molar-refractivity contribution in [3.63, 3.8) is 0 Å². The van der Waals surface area contributed by atoms with Gasteiger partial charge in [0, 0.05) is 30.6 Å². The predicted molar refractivity (Wildman–Crippen MR) is 122 cm³/mol. The molecule has 0 aliphatic carbocycles. The summed E-state index contributed by atoms with van der Waals surface area (Å²) in [5.74, 6) is -0.689. The molecule has 2 radical (unpaired) electrons. The molecule has 2 aromatic carbocycles. The molecule has 1 aliphatic heterocycles. The molecule has 1 atom stereocenters. The average molecular weight is 470 g/mol. The number of nitrogens with one attached hydrogen (secondary N) is 3. The maximum Gasteiger partial charge on any atom is 0.254 e. The fourth-order valence-electron chi connectivity index (χ4n) is 3.79. The van der Waals surface area contributed by atoms with Crippen LogP contribution in [0.5, 0.6) is 0 Å². The second kappa shape index (κ2) is 9.32. The van der Waals surface area contributed by atoms with Gasteiger partial charge in [0.25, 0.3) is 11.8 Å². The van der Waals surface area contributed by atoms with Crippen LogP contribution in [0.3, 0.4) is 0 Å². The van der Waals surface area contributed by atoms with Crippen molar-refractivity contribution < 1.29 is 14.4 Å². The smallest absolute Gasteiger partial charge is 0.254 e. The molecule has 3 N–H and O–H groups in total. The third kappa shape index (κ3) is 4.23. The number of carbonyl (C=O) groups excluding carboxylic acids is 3. The van der Waals surface area contributed by atoms with Gasteiger partial charge >= 0.3 is 0 Å². The maximum atomic E-state index is 13.0. The van der Waals surface area contributed by atoms with E-state index < -0.39 is 11.9 Å². The lowest BCUT2D eigenvalue weighted by Gasteiger charge is -2.30. The Hall–Kier alpha value is -2.88. The first kappa shape index (κ1) is 22.3. The molecule has 11 heteroatoms. The van der Waals surface area contributed by atoms with Crippen LogP contribution in [0.2, 0.25) is 10.0 Å². The summed E-state index contributed by atoms with van der Waals surface area (Å²) in [4.78, 5) is 38.6. The zero-order valence-electron chi connectivity index (χ0n) is 16.8. The molecule has 0 saturated carbocycles. The summed E-state index contributed by atoms with van der Waals surface area (Å²) < 4.78 is 0. The van der Waals surface area contributed by atoms with Crippen molar-refractivity contribution in [3.05, 3.63) is 62.8 Å². The summed E-state index contributed by atoms with van der Waals surface area (Å²) in [5.41, 5.74) is 2.96. The minimum absolute atomic E-state index is 0.0663. The van der Waals surface area contributed by atoms with E-state index in [1.807, 2.05) is 6.07 Å². The van der Waals surface area contributed by atoms with E-state index in [1.165, 1.54) is 0 Å². The Morgan fingerprint density at radius 2 is 2.12 bits per heavy atom. The SMILES string of the molecule is [B]NC[C@@H](C=O)NC(=O)c1c(Cl)cc2c(c1Cl)CCN(C(=O)c1ccc3cn[nH]c3c1)C2. The second-order valence-electron chi connectivity index (χ2n) is 7.46. The average Bonchev–Trinajstić information content (AvgIpc) is 3.25. The van der Waals surface area contributed by atoms with Crippen LogP contribution in [0.15, 0.2) is 30.5 Å². The molecule has 32 heavy (non-hydrogen) atoms. The maximum absolute atomic E-state index is 13.0. The van der Waals surface area contributed by atoms with Crippen LogP contribution in [0.25, 0.3) is 10.9 Å². The molecule has 2 amide bonds. The molecule has 0 unspecified atom stereocenters. The van der Waals surface area contributed by atoms with Crippen LogP contribution in [-0.4, -0.2) is 60.3 Å². The largest absolute Gasteiger partial charge is 0.364 e. The van der Waals surface area contributed by atoms with Gasteiger partial charge in [0.1, 0.15) is 6.29 Å². The lowest BCUT2D eigenvalue weighted by molar-refractivity contribution is -0.109. The summed E-state index contributed by atoms with van der Waals surface area (Å²) in [5, 5.41) is 13.0. The van der Waals surface area contributed by atoms with Crippen LogP contribution in [0, 0.1) is 0 Å². The quantitative estimate of drug-likeness (QED) is 0.378. The normalized spacial score (nSPS) is 14.1. The summed E-state index contributed by atoms with van der Waals surface area (Å²) in [6.07, 6.45) is 2.73. The first-order chi connectivity index (χ1) is 15.4. The topological polar surface area (TPSA) is 107 Å². The van der Waals surface area contributed by atoms with Gasteiger partial charge in [-0.05, 0) is 35.7 Å². The molecule has 4 rings (SSSR count). The summed E-state index contributed by atoms with van der Waals surface area (Å²) in [6.45, 7) is 0.810. The highest BCUT2D eigenvalue weighted by molar-refractivity contribution is 6.40. The number of aromatic amines is 1. The zero-order valence-corrected chi connectivity index (χ0v) is 18.3. The summed E-state index contributed by atoms with van der Waals surface area (Å²) in [6, 6.07) is 6.20. The number of amides is 2. The van der Waals surface area contributed by atoms with Crippen LogP contribution in [0.1, 0.15) is 31.8 Å². The molecule has 3 aromatic rings. The third-order valence-electron chi connectivity index (χ3n) is 5.43. The Morgan fingerprint density at radius 1 is 1.31 bits per heavy atom. The van der Waals surface area contributed by atoms with E-state index in [0.29, 0.717) is 31.4 Å². The second-order valence-corrected chi connectivity index (χ2v) is 8.24. The van der Waals surface area contributed by atoms with E-state index >= 15 is 0 Å². The van der Waals surface area contributed by atoms with Crippen LogP contribution >= 0.6 is 23.2 Å².